The highest BCUT2D eigenvalue weighted by atomic mass is 35.5. The average molecular weight is 269 g/mol. The Hall–Kier alpha value is -1.75. The Kier molecular flexibility index (Phi) is 3.72. The van der Waals surface area contributed by atoms with Gasteiger partial charge in [-0.05, 0) is 18.2 Å². The van der Waals surface area contributed by atoms with E-state index >= 15 is 0 Å². The Balaban J connectivity index is 2.14. The van der Waals surface area contributed by atoms with Gasteiger partial charge in [0.05, 0.1) is 5.02 Å². The number of rotatable bonds is 1. The number of phenolic OH excluding ortho intramolecular Hbond substituents is 1. The molecular formula is C12H13ClN2O3. The molecule has 0 aliphatic carbocycles. The Morgan fingerprint density at radius 2 is 2.17 bits per heavy atom. The average Bonchev–Trinajstić information content (AvgIpc) is 2.57. The number of benzene rings is 1. The van der Waals surface area contributed by atoms with Crippen LogP contribution in [0.25, 0.3) is 0 Å². The second-order valence-electron chi connectivity index (χ2n) is 4.06. The lowest BCUT2D eigenvalue weighted by Gasteiger charge is -2.19. The van der Waals surface area contributed by atoms with Crippen molar-refractivity contribution in [3.8, 4) is 5.75 Å². The molecule has 1 aromatic carbocycles. The Morgan fingerprint density at radius 1 is 1.39 bits per heavy atom. The summed E-state index contributed by atoms with van der Waals surface area (Å²) >= 11 is 5.77. The fraction of sp³-hybridized carbons (Fsp3) is 0.333. The molecule has 0 spiro atoms. The first-order chi connectivity index (χ1) is 8.58. The molecular weight excluding hydrogens is 256 g/mol. The van der Waals surface area contributed by atoms with Crippen LogP contribution in [-0.4, -0.2) is 41.5 Å². The minimum absolute atomic E-state index is 0.0472. The number of nitrogens with one attached hydrogen (secondary N) is 1. The van der Waals surface area contributed by atoms with Gasteiger partial charge in [-0.15, -0.1) is 0 Å². The van der Waals surface area contributed by atoms with E-state index in [1.807, 2.05) is 0 Å². The summed E-state index contributed by atoms with van der Waals surface area (Å²) in [6.45, 7) is 1.32. The van der Waals surface area contributed by atoms with E-state index in [1.165, 1.54) is 18.2 Å². The lowest BCUT2D eigenvalue weighted by Crippen LogP contribution is -2.34. The molecule has 0 aromatic heterocycles. The molecule has 0 saturated carbocycles. The summed E-state index contributed by atoms with van der Waals surface area (Å²) in [4.78, 5) is 25.0. The normalized spacial score (nSPS) is 16.1. The van der Waals surface area contributed by atoms with Crippen molar-refractivity contribution in [3.63, 3.8) is 0 Å². The van der Waals surface area contributed by atoms with Gasteiger partial charge in [0.25, 0.3) is 5.91 Å². The number of carbonyl (C=O) groups excluding carboxylic acids is 2. The summed E-state index contributed by atoms with van der Waals surface area (Å²) in [5, 5.41) is 12.1. The number of phenols is 1. The molecule has 1 aliphatic rings. The van der Waals surface area contributed by atoms with E-state index in [2.05, 4.69) is 5.32 Å². The van der Waals surface area contributed by atoms with Crippen molar-refractivity contribution in [2.75, 3.05) is 19.6 Å². The molecule has 2 amide bonds. The minimum Gasteiger partial charge on any atom is -0.506 e. The predicted octanol–water partition coefficient (Wildman–Crippen LogP) is 1.01. The number of aromatic hydroxyl groups is 1. The molecule has 1 fully saturated rings. The summed E-state index contributed by atoms with van der Waals surface area (Å²) < 4.78 is 0. The van der Waals surface area contributed by atoms with E-state index in [0.717, 1.165) is 0 Å². The van der Waals surface area contributed by atoms with E-state index < -0.39 is 0 Å². The molecule has 2 N–H and O–H groups in total. The van der Waals surface area contributed by atoms with Crippen LogP contribution in [-0.2, 0) is 4.79 Å². The summed E-state index contributed by atoms with van der Waals surface area (Å²) in [7, 11) is 0. The Morgan fingerprint density at radius 3 is 2.89 bits per heavy atom. The van der Waals surface area contributed by atoms with Gasteiger partial charge in [0.15, 0.2) is 0 Å². The van der Waals surface area contributed by atoms with Gasteiger partial charge in [0, 0.05) is 31.6 Å². The molecule has 0 unspecified atom stereocenters. The van der Waals surface area contributed by atoms with Crippen LogP contribution in [0, 0.1) is 0 Å². The lowest BCUT2D eigenvalue weighted by molar-refractivity contribution is -0.120. The molecule has 1 heterocycles. The van der Waals surface area contributed by atoms with E-state index in [1.54, 1.807) is 4.90 Å². The van der Waals surface area contributed by atoms with Crippen LogP contribution >= 0.6 is 11.6 Å². The molecule has 0 bridgehead atoms. The molecule has 0 radical (unpaired) electrons. The maximum Gasteiger partial charge on any atom is 0.253 e. The molecule has 96 valence electrons. The topological polar surface area (TPSA) is 69.6 Å². The van der Waals surface area contributed by atoms with Crippen LogP contribution in [0.5, 0.6) is 5.75 Å². The van der Waals surface area contributed by atoms with Crippen LogP contribution in [0.15, 0.2) is 18.2 Å². The fourth-order valence-electron chi connectivity index (χ4n) is 1.79. The second-order valence-corrected chi connectivity index (χ2v) is 4.47. The van der Waals surface area contributed by atoms with Crippen LogP contribution < -0.4 is 5.32 Å². The van der Waals surface area contributed by atoms with Crippen molar-refractivity contribution in [1.82, 2.24) is 10.2 Å². The zero-order valence-electron chi connectivity index (χ0n) is 9.65. The molecule has 6 heteroatoms. The van der Waals surface area contributed by atoms with E-state index in [-0.39, 0.29) is 22.6 Å². The predicted molar refractivity (Wildman–Crippen MR) is 66.6 cm³/mol. The standard InChI is InChI=1S/C12H13ClN2O3/c13-9-7-8(1-2-10(9)16)12(18)15-5-3-11(17)14-4-6-15/h1-2,7,16H,3-6H2,(H,14,17). The maximum atomic E-state index is 12.2. The van der Waals surface area contributed by atoms with E-state index in [0.29, 0.717) is 31.6 Å². The Labute approximate surface area is 109 Å². The zero-order chi connectivity index (χ0) is 13.1. The number of hydrogen-bond acceptors (Lipinski definition) is 3. The molecule has 2 rings (SSSR count). The van der Waals surface area contributed by atoms with Gasteiger partial charge >= 0.3 is 0 Å². The minimum atomic E-state index is -0.187. The SMILES string of the molecule is O=C1CCN(C(=O)c2ccc(O)c(Cl)c2)CCN1. The van der Waals surface area contributed by atoms with Gasteiger partial charge < -0.3 is 15.3 Å². The first-order valence-corrected chi connectivity index (χ1v) is 6.00. The van der Waals surface area contributed by atoms with Crippen LogP contribution in [0.2, 0.25) is 5.02 Å². The van der Waals surface area contributed by atoms with Crippen LogP contribution in [0.4, 0.5) is 0 Å². The maximum absolute atomic E-state index is 12.2. The fourth-order valence-corrected chi connectivity index (χ4v) is 1.97. The monoisotopic (exact) mass is 268 g/mol. The zero-order valence-corrected chi connectivity index (χ0v) is 10.4. The van der Waals surface area contributed by atoms with Crippen molar-refractivity contribution in [2.24, 2.45) is 0 Å². The lowest BCUT2D eigenvalue weighted by atomic mass is 10.2. The molecule has 0 atom stereocenters. The summed E-state index contributed by atoms with van der Waals surface area (Å²) in [6.07, 6.45) is 0.303. The third kappa shape index (κ3) is 2.73. The summed E-state index contributed by atoms with van der Waals surface area (Å²) in [5.74, 6) is -0.289. The van der Waals surface area contributed by atoms with Crippen molar-refractivity contribution in [3.05, 3.63) is 28.8 Å². The summed E-state index contributed by atoms with van der Waals surface area (Å²) in [5.41, 5.74) is 0.409. The first kappa shape index (κ1) is 12.7. The van der Waals surface area contributed by atoms with Crippen molar-refractivity contribution < 1.29 is 14.7 Å². The van der Waals surface area contributed by atoms with Gasteiger partial charge in [-0.3, -0.25) is 9.59 Å². The third-order valence-electron chi connectivity index (χ3n) is 2.79. The molecule has 5 nitrogen and oxygen atoms in total. The highest BCUT2D eigenvalue weighted by Crippen LogP contribution is 2.24. The van der Waals surface area contributed by atoms with E-state index in [9.17, 15) is 14.7 Å². The van der Waals surface area contributed by atoms with E-state index in [4.69, 9.17) is 11.6 Å². The number of amides is 2. The van der Waals surface area contributed by atoms with Gasteiger partial charge in [-0.1, -0.05) is 11.6 Å². The van der Waals surface area contributed by atoms with Gasteiger partial charge in [-0.2, -0.15) is 0 Å². The number of halogens is 1. The number of nitrogens with zero attached hydrogens (tertiary/aromatic N) is 1. The smallest absolute Gasteiger partial charge is 0.253 e. The number of hydrogen-bond donors (Lipinski definition) is 2. The number of carbonyl (C=O) groups is 2. The van der Waals surface area contributed by atoms with Crippen LogP contribution in [0.1, 0.15) is 16.8 Å². The molecule has 1 aromatic rings. The van der Waals surface area contributed by atoms with Crippen molar-refractivity contribution in [1.29, 1.82) is 0 Å². The van der Waals surface area contributed by atoms with Gasteiger partial charge in [-0.25, -0.2) is 0 Å². The van der Waals surface area contributed by atoms with Crippen LogP contribution in [0.3, 0.4) is 0 Å². The van der Waals surface area contributed by atoms with Gasteiger partial charge in [0.2, 0.25) is 5.91 Å². The summed E-state index contributed by atoms with van der Waals surface area (Å²) in [6, 6.07) is 4.33. The third-order valence-corrected chi connectivity index (χ3v) is 3.10. The quantitative estimate of drug-likeness (QED) is 0.799. The molecule has 18 heavy (non-hydrogen) atoms. The highest BCUT2D eigenvalue weighted by molar-refractivity contribution is 6.32. The largest absolute Gasteiger partial charge is 0.506 e. The molecule has 1 aliphatic heterocycles. The van der Waals surface area contributed by atoms with Crippen molar-refractivity contribution >= 4 is 23.4 Å². The Bertz CT molecular complexity index is 490. The van der Waals surface area contributed by atoms with Gasteiger partial charge in [0.1, 0.15) is 5.75 Å². The van der Waals surface area contributed by atoms with Crippen molar-refractivity contribution in [2.45, 2.75) is 6.42 Å². The molecule has 1 saturated heterocycles. The first-order valence-electron chi connectivity index (χ1n) is 5.62. The second kappa shape index (κ2) is 5.27. The highest BCUT2D eigenvalue weighted by Gasteiger charge is 2.20.